The number of halogens is 1. The van der Waals surface area contributed by atoms with Crippen LogP contribution in [0.5, 0.6) is 0 Å². The molecule has 6 heteroatoms. The summed E-state index contributed by atoms with van der Waals surface area (Å²) in [6.07, 6.45) is 3.42. The van der Waals surface area contributed by atoms with Gasteiger partial charge in [0.15, 0.2) is 0 Å². The van der Waals surface area contributed by atoms with Crippen molar-refractivity contribution in [2.45, 2.75) is 32.2 Å². The minimum absolute atomic E-state index is 0.0758. The summed E-state index contributed by atoms with van der Waals surface area (Å²) in [7, 11) is 0. The summed E-state index contributed by atoms with van der Waals surface area (Å²) in [6, 6.07) is 3.15. The molecule has 1 saturated carbocycles. The van der Waals surface area contributed by atoms with Gasteiger partial charge in [0.1, 0.15) is 5.82 Å². The molecule has 1 atom stereocenters. The van der Waals surface area contributed by atoms with E-state index in [1.807, 2.05) is 6.92 Å². The lowest BCUT2D eigenvalue weighted by atomic mass is 9.80. The fraction of sp³-hybridized carbons (Fsp3) is 0.429. The number of urea groups is 1. The van der Waals surface area contributed by atoms with Crippen LogP contribution < -0.4 is 10.6 Å². The van der Waals surface area contributed by atoms with E-state index in [0.29, 0.717) is 5.92 Å². The van der Waals surface area contributed by atoms with Gasteiger partial charge in [-0.1, -0.05) is 6.42 Å². The molecule has 0 bridgehead atoms. The molecule has 1 aromatic rings. The largest absolute Gasteiger partial charge is 0.478 e. The summed E-state index contributed by atoms with van der Waals surface area (Å²) in [6.45, 7) is 1.94. The van der Waals surface area contributed by atoms with Gasteiger partial charge in [-0.2, -0.15) is 0 Å². The normalized spacial score (nSPS) is 16.1. The van der Waals surface area contributed by atoms with Crippen LogP contribution in [0.3, 0.4) is 0 Å². The molecule has 1 aliphatic rings. The van der Waals surface area contributed by atoms with Crippen molar-refractivity contribution in [1.82, 2.24) is 5.32 Å². The number of rotatable bonds is 4. The van der Waals surface area contributed by atoms with Crippen molar-refractivity contribution >= 4 is 17.7 Å². The molecule has 2 amide bonds. The SMILES string of the molecule is CC(NC(=O)Nc1ccc(C(=O)O)c(F)c1)C1CCC1. The predicted molar refractivity (Wildman–Crippen MR) is 72.3 cm³/mol. The summed E-state index contributed by atoms with van der Waals surface area (Å²) in [5.74, 6) is -1.70. The van der Waals surface area contributed by atoms with Gasteiger partial charge in [-0.3, -0.25) is 0 Å². The van der Waals surface area contributed by atoms with Gasteiger partial charge >= 0.3 is 12.0 Å². The lowest BCUT2D eigenvalue weighted by Gasteiger charge is -2.31. The Morgan fingerprint density at radius 1 is 1.40 bits per heavy atom. The maximum absolute atomic E-state index is 13.5. The molecule has 0 heterocycles. The molecule has 0 spiro atoms. The number of hydrogen-bond acceptors (Lipinski definition) is 2. The van der Waals surface area contributed by atoms with Gasteiger partial charge in [0.25, 0.3) is 0 Å². The first-order valence-electron chi connectivity index (χ1n) is 6.57. The van der Waals surface area contributed by atoms with Crippen LogP contribution in [0.15, 0.2) is 18.2 Å². The van der Waals surface area contributed by atoms with Crippen molar-refractivity contribution in [3.05, 3.63) is 29.6 Å². The Balaban J connectivity index is 1.93. The summed E-state index contributed by atoms with van der Waals surface area (Å²) < 4.78 is 13.5. The van der Waals surface area contributed by atoms with Crippen LogP contribution in [0.4, 0.5) is 14.9 Å². The van der Waals surface area contributed by atoms with Gasteiger partial charge in [0.05, 0.1) is 5.56 Å². The highest BCUT2D eigenvalue weighted by Crippen LogP contribution is 2.29. The van der Waals surface area contributed by atoms with Crippen LogP contribution >= 0.6 is 0 Å². The molecular formula is C14H17FN2O3. The van der Waals surface area contributed by atoms with Crippen molar-refractivity contribution in [3.8, 4) is 0 Å². The van der Waals surface area contributed by atoms with Crippen molar-refractivity contribution in [3.63, 3.8) is 0 Å². The Morgan fingerprint density at radius 2 is 2.10 bits per heavy atom. The summed E-state index contributed by atoms with van der Waals surface area (Å²) in [4.78, 5) is 22.4. The Morgan fingerprint density at radius 3 is 2.60 bits per heavy atom. The third-order valence-corrected chi connectivity index (χ3v) is 3.67. The number of carbonyl (C=O) groups excluding carboxylic acids is 1. The van der Waals surface area contributed by atoms with Gasteiger partial charge in [-0.25, -0.2) is 14.0 Å². The summed E-state index contributed by atoms with van der Waals surface area (Å²) in [5.41, 5.74) is -0.190. The van der Waals surface area contributed by atoms with E-state index in [1.54, 1.807) is 0 Å². The molecule has 1 fully saturated rings. The molecule has 5 nitrogen and oxygen atoms in total. The first-order valence-corrected chi connectivity index (χ1v) is 6.57. The molecule has 1 unspecified atom stereocenters. The first kappa shape index (κ1) is 14.3. The number of anilines is 1. The Kier molecular flexibility index (Phi) is 4.22. The molecule has 108 valence electrons. The Labute approximate surface area is 116 Å². The van der Waals surface area contributed by atoms with E-state index in [1.165, 1.54) is 12.5 Å². The zero-order chi connectivity index (χ0) is 14.7. The third kappa shape index (κ3) is 3.26. The number of amides is 2. The lowest BCUT2D eigenvalue weighted by Crippen LogP contribution is -2.42. The minimum atomic E-state index is -1.34. The fourth-order valence-corrected chi connectivity index (χ4v) is 2.20. The molecule has 0 radical (unpaired) electrons. The van der Waals surface area contributed by atoms with Crippen LogP contribution in [0.2, 0.25) is 0 Å². The van der Waals surface area contributed by atoms with Crippen LogP contribution in [0.1, 0.15) is 36.5 Å². The van der Waals surface area contributed by atoms with E-state index < -0.39 is 23.4 Å². The smallest absolute Gasteiger partial charge is 0.338 e. The second-order valence-electron chi connectivity index (χ2n) is 5.08. The molecule has 1 aliphatic carbocycles. The van der Waals surface area contributed by atoms with Crippen molar-refractivity contribution in [1.29, 1.82) is 0 Å². The minimum Gasteiger partial charge on any atom is -0.478 e. The van der Waals surface area contributed by atoms with E-state index in [9.17, 15) is 14.0 Å². The molecule has 2 rings (SSSR count). The number of nitrogens with one attached hydrogen (secondary N) is 2. The number of carbonyl (C=O) groups is 2. The summed E-state index contributed by atoms with van der Waals surface area (Å²) >= 11 is 0. The van der Waals surface area contributed by atoms with Crippen LogP contribution in [0, 0.1) is 11.7 Å². The average Bonchev–Trinajstić information content (AvgIpc) is 2.25. The molecule has 0 aromatic heterocycles. The number of carboxylic acid groups (broad SMARTS) is 1. The van der Waals surface area contributed by atoms with Crippen molar-refractivity contribution in [2.24, 2.45) is 5.92 Å². The first-order chi connectivity index (χ1) is 9.47. The second-order valence-corrected chi connectivity index (χ2v) is 5.08. The van der Waals surface area contributed by atoms with Crippen LogP contribution in [-0.2, 0) is 0 Å². The Bertz CT molecular complexity index is 529. The standard InChI is InChI=1S/C14H17FN2O3/c1-8(9-3-2-4-9)16-14(20)17-10-5-6-11(13(18)19)12(15)7-10/h5-9H,2-4H2,1H3,(H,18,19)(H2,16,17,20). The maximum Gasteiger partial charge on any atom is 0.338 e. The van der Waals surface area contributed by atoms with E-state index in [0.717, 1.165) is 25.0 Å². The van der Waals surface area contributed by atoms with E-state index in [-0.39, 0.29) is 11.7 Å². The van der Waals surface area contributed by atoms with Crippen LogP contribution in [0.25, 0.3) is 0 Å². The zero-order valence-corrected chi connectivity index (χ0v) is 11.1. The van der Waals surface area contributed by atoms with Gasteiger partial charge in [0.2, 0.25) is 0 Å². The topological polar surface area (TPSA) is 78.4 Å². The van der Waals surface area contributed by atoms with Crippen molar-refractivity contribution < 1.29 is 19.1 Å². The van der Waals surface area contributed by atoms with Gasteiger partial charge in [-0.15, -0.1) is 0 Å². The molecule has 1 aromatic carbocycles. The molecule has 0 saturated heterocycles. The monoisotopic (exact) mass is 280 g/mol. The molecular weight excluding hydrogens is 263 g/mol. The fourth-order valence-electron chi connectivity index (χ4n) is 2.20. The third-order valence-electron chi connectivity index (χ3n) is 3.67. The maximum atomic E-state index is 13.5. The highest BCUT2D eigenvalue weighted by Gasteiger charge is 2.25. The highest BCUT2D eigenvalue weighted by molar-refractivity contribution is 5.91. The number of hydrogen-bond donors (Lipinski definition) is 3. The quantitative estimate of drug-likeness (QED) is 0.793. The highest BCUT2D eigenvalue weighted by atomic mass is 19.1. The molecule has 0 aliphatic heterocycles. The van der Waals surface area contributed by atoms with Crippen LogP contribution in [-0.4, -0.2) is 23.1 Å². The zero-order valence-electron chi connectivity index (χ0n) is 11.1. The number of carboxylic acids is 1. The van der Waals surface area contributed by atoms with E-state index >= 15 is 0 Å². The Hall–Kier alpha value is -2.11. The van der Waals surface area contributed by atoms with Gasteiger partial charge < -0.3 is 15.7 Å². The molecule has 20 heavy (non-hydrogen) atoms. The van der Waals surface area contributed by atoms with E-state index in [2.05, 4.69) is 10.6 Å². The predicted octanol–water partition coefficient (Wildman–Crippen LogP) is 2.83. The molecule has 3 N–H and O–H groups in total. The number of aromatic carboxylic acids is 1. The van der Waals surface area contributed by atoms with Gasteiger partial charge in [0, 0.05) is 11.7 Å². The van der Waals surface area contributed by atoms with Gasteiger partial charge in [-0.05, 0) is 43.9 Å². The average molecular weight is 280 g/mol. The van der Waals surface area contributed by atoms with E-state index in [4.69, 9.17) is 5.11 Å². The number of benzene rings is 1. The second kappa shape index (κ2) is 5.90. The summed E-state index contributed by atoms with van der Waals surface area (Å²) in [5, 5.41) is 14.0. The lowest BCUT2D eigenvalue weighted by molar-refractivity contribution is 0.0692. The van der Waals surface area contributed by atoms with Crippen molar-refractivity contribution in [2.75, 3.05) is 5.32 Å².